The molecule has 2 aromatic carbocycles. The zero-order valence-corrected chi connectivity index (χ0v) is 19.1. The molecule has 2 rings (SSSR count). The fourth-order valence-electron chi connectivity index (χ4n) is 3.40. The van der Waals surface area contributed by atoms with Gasteiger partial charge < -0.3 is 5.32 Å². The number of nitrogens with zero attached hydrogens (tertiary/aromatic N) is 1. The molecule has 1 N–H and O–H groups in total. The second kappa shape index (κ2) is 9.44. The SMILES string of the molecule is Cc1cc(C)cc(N(CCCC(=O)NC(C)c2ccc(C)c(C)c2)S(C)(=O)=O)c1. The molecule has 0 spiro atoms. The van der Waals surface area contributed by atoms with Crippen molar-refractivity contribution in [3.63, 3.8) is 0 Å². The van der Waals surface area contributed by atoms with Crippen LogP contribution in [0.3, 0.4) is 0 Å². The van der Waals surface area contributed by atoms with Gasteiger partial charge in [-0.05, 0) is 81.0 Å². The fourth-order valence-corrected chi connectivity index (χ4v) is 4.34. The zero-order chi connectivity index (χ0) is 21.8. The normalized spacial score (nSPS) is 12.5. The van der Waals surface area contributed by atoms with Crippen LogP contribution in [0, 0.1) is 27.7 Å². The van der Waals surface area contributed by atoms with E-state index < -0.39 is 10.0 Å². The van der Waals surface area contributed by atoms with E-state index in [-0.39, 0.29) is 24.9 Å². The van der Waals surface area contributed by atoms with Crippen molar-refractivity contribution in [1.82, 2.24) is 5.32 Å². The van der Waals surface area contributed by atoms with E-state index in [9.17, 15) is 13.2 Å². The Morgan fingerprint density at radius 3 is 2.17 bits per heavy atom. The van der Waals surface area contributed by atoms with Crippen LogP contribution < -0.4 is 9.62 Å². The molecule has 1 unspecified atom stereocenters. The Balaban J connectivity index is 1.98. The Bertz CT molecular complexity index is 963. The van der Waals surface area contributed by atoms with Gasteiger partial charge in [0.1, 0.15) is 0 Å². The van der Waals surface area contributed by atoms with Gasteiger partial charge in [0.15, 0.2) is 0 Å². The summed E-state index contributed by atoms with van der Waals surface area (Å²) in [5, 5.41) is 3.01. The lowest BCUT2D eigenvalue weighted by atomic mass is 10.0. The van der Waals surface area contributed by atoms with Crippen molar-refractivity contribution in [3.8, 4) is 0 Å². The molecule has 0 saturated carbocycles. The number of benzene rings is 2. The van der Waals surface area contributed by atoms with Crippen molar-refractivity contribution < 1.29 is 13.2 Å². The molecule has 0 aliphatic carbocycles. The highest BCUT2D eigenvalue weighted by Crippen LogP contribution is 2.22. The topological polar surface area (TPSA) is 66.5 Å². The molecule has 158 valence electrons. The highest BCUT2D eigenvalue weighted by molar-refractivity contribution is 7.92. The van der Waals surface area contributed by atoms with E-state index in [0.29, 0.717) is 12.1 Å². The van der Waals surface area contributed by atoms with Gasteiger partial charge in [-0.15, -0.1) is 0 Å². The number of aryl methyl sites for hydroxylation is 4. The highest BCUT2D eigenvalue weighted by atomic mass is 32.2. The standard InChI is InChI=1S/C23H32N2O3S/c1-16-12-17(2)14-22(13-16)25(29(6,27)28)11-7-8-23(26)24-20(5)21-10-9-18(3)19(4)15-21/h9-10,12-15,20H,7-8,11H2,1-6H3,(H,24,26). The lowest BCUT2D eigenvalue weighted by Gasteiger charge is -2.23. The van der Waals surface area contributed by atoms with Gasteiger partial charge >= 0.3 is 0 Å². The monoisotopic (exact) mass is 416 g/mol. The molecule has 6 heteroatoms. The molecule has 0 aromatic heterocycles. The van der Waals surface area contributed by atoms with E-state index in [1.54, 1.807) is 0 Å². The molecule has 0 fully saturated rings. The molecule has 0 aliphatic rings. The van der Waals surface area contributed by atoms with Crippen LogP contribution in [0.25, 0.3) is 0 Å². The molecule has 1 atom stereocenters. The van der Waals surface area contributed by atoms with Gasteiger partial charge in [-0.1, -0.05) is 24.3 Å². The predicted octanol–water partition coefficient (Wildman–Crippen LogP) is 4.34. The second-order valence-corrected chi connectivity index (χ2v) is 9.82. The molecule has 0 aliphatic heterocycles. The maximum Gasteiger partial charge on any atom is 0.232 e. The highest BCUT2D eigenvalue weighted by Gasteiger charge is 2.18. The fraction of sp³-hybridized carbons (Fsp3) is 0.435. The summed E-state index contributed by atoms with van der Waals surface area (Å²) >= 11 is 0. The number of carbonyl (C=O) groups is 1. The van der Waals surface area contributed by atoms with E-state index in [1.807, 2.05) is 45.0 Å². The first kappa shape index (κ1) is 22.9. The Kier molecular flexibility index (Phi) is 7.47. The molecule has 5 nitrogen and oxygen atoms in total. The maximum absolute atomic E-state index is 12.4. The summed E-state index contributed by atoms with van der Waals surface area (Å²) in [4.78, 5) is 12.4. The number of carbonyl (C=O) groups excluding carboxylic acids is 1. The van der Waals surface area contributed by atoms with Crippen molar-refractivity contribution in [1.29, 1.82) is 0 Å². The average Bonchev–Trinajstić information content (AvgIpc) is 2.59. The van der Waals surface area contributed by atoms with Crippen LogP contribution in [0.1, 0.15) is 53.6 Å². The number of rotatable bonds is 8. The molecule has 29 heavy (non-hydrogen) atoms. The predicted molar refractivity (Wildman–Crippen MR) is 120 cm³/mol. The van der Waals surface area contributed by atoms with Gasteiger partial charge in [0.25, 0.3) is 0 Å². The van der Waals surface area contributed by atoms with E-state index in [0.717, 1.165) is 16.7 Å². The summed E-state index contributed by atoms with van der Waals surface area (Å²) in [6.45, 7) is 10.2. The molecule has 0 bridgehead atoms. The van der Waals surface area contributed by atoms with Gasteiger partial charge in [0, 0.05) is 13.0 Å². The van der Waals surface area contributed by atoms with Crippen molar-refractivity contribution in [2.45, 2.75) is 53.5 Å². The van der Waals surface area contributed by atoms with Gasteiger partial charge in [-0.2, -0.15) is 0 Å². The van der Waals surface area contributed by atoms with Crippen LogP contribution in [-0.2, 0) is 14.8 Å². The number of anilines is 1. The molecule has 0 radical (unpaired) electrons. The third-order valence-corrected chi connectivity index (χ3v) is 6.26. The number of hydrogen-bond acceptors (Lipinski definition) is 3. The molecular weight excluding hydrogens is 384 g/mol. The minimum Gasteiger partial charge on any atom is -0.350 e. The Morgan fingerprint density at radius 1 is 1.00 bits per heavy atom. The smallest absolute Gasteiger partial charge is 0.232 e. The minimum atomic E-state index is -3.42. The van der Waals surface area contributed by atoms with Crippen molar-refractivity contribution in [2.24, 2.45) is 0 Å². The van der Waals surface area contributed by atoms with Gasteiger partial charge in [0.05, 0.1) is 18.0 Å². The van der Waals surface area contributed by atoms with Crippen molar-refractivity contribution in [3.05, 3.63) is 64.2 Å². The molecule has 0 heterocycles. The quantitative estimate of drug-likeness (QED) is 0.696. The third-order valence-electron chi connectivity index (χ3n) is 5.07. The van der Waals surface area contributed by atoms with Crippen LogP contribution in [-0.4, -0.2) is 27.1 Å². The van der Waals surface area contributed by atoms with Crippen molar-refractivity contribution >= 4 is 21.6 Å². The first-order valence-electron chi connectivity index (χ1n) is 9.90. The molecule has 2 aromatic rings. The summed E-state index contributed by atoms with van der Waals surface area (Å²) in [5.41, 5.74) is 6.14. The average molecular weight is 417 g/mol. The Labute approximate surface area is 175 Å². The second-order valence-electron chi connectivity index (χ2n) is 7.92. The Morgan fingerprint density at radius 2 is 1.62 bits per heavy atom. The first-order chi connectivity index (χ1) is 13.5. The lowest BCUT2D eigenvalue weighted by molar-refractivity contribution is -0.121. The van der Waals surface area contributed by atoms with Gasteiger partial charge in [-0.3, -0.25) is 9.10 Å². The number of hydrogen-bond donors (Lipinski definition) is 1. The number of sulfonamides is 1. The van der Waals surface area contributed by atoms with E-state index in [1.165, 1.54) is 21.7 Å². The summed E-state index contributed by atoms with van der Waals surface area (Å²) < 4.78 is 25.9. The molecule has 0 saturated heterocycles. The minimum absolute atomic E-state index is 0.0791. The summed E-state index contributed by atoms with van der Waals surface area (Å²) in [5.74, 6) is -0.0791. The van der Waals surface area contributed by atoms with E-state index >= 15 is 0 Å². The summed E-state index contributed by atoms with van der Waals surface area (Å²) in [6.07, 6.45) is 1.92. The van der Waals surface area contributed by atoms with Crippen LogP contribution in [0.4, 0.5) is 5.69 Å². The van der Waals surface area contributed by atoms with E-state index in [4.69, 9.17) is 0 Å². The van der Waals surface area contributed by atoms with Crippen LogP contribution in [0.2, 0.25) is 0 Å². The van der Waals surface area contributed by atoms with Crippen LogP contribution in [0.15, 0.2) is 36.4 Å². The maximum atomic E-state index is 12.4. The summed E-state index contributed by atoms with van der Waals surface area (Å²) in [7, 11) is -3.42. The lowest BCUT2D eigenvalue weighted by Crippen LogP contribution is -2.32. The van der Waals surface area contributed by atoms with Crippen LogP contribution in [0.5, 0.6) is 0 Å². The largest absolute Gasteiger partial charge is 0.350 e. The third kappa shape index (κ3) is 6.60. The summed E-state index contributed by atoms with van der Waals surface area (Å²) in [6, 6.07) is 11.8. The molecular formula is C23H32N2O3S. The van der Waals surface area contributed by atoms with Gasteiger partial charge in [0.2, 0.25) is 15.9 Å². The van der Waals surface area contributed by atoms with Gasteiger partial charge in [-0.25, -0.2) is 8.42 Å². The number of nitrogens with one attached hydrogen (secondary N) is 1. The Hall–Kier alpha value is -2.34. The van der Waals surface area contributed by atoms with Crippen LogP contribution >= 0.6 is 0 Å². The van der Waals surface area contributed by atoms with Crippen molar-refractivity contribution in [2.75, 3.05) is 17.1 Å². The molecule has 1 amide bonds. The zero-order valence-electron chi connectivity index (χ0n) is 18.2. The first-order valence-corrected chi connectivity index (χ1v) is 11.7. The number of amides is 1. The van der Waals surface area contributed by atoms with E-state index in [2.05, 4.69) is 31.3 Å².